The summed E-state index contributed by atoms with van der Waals surface area (Å²) < 4.78 is 18.3. The highest BCUT2D eigenvalue weighted by Gasteiger charge is 2.31. The monoisotopic (exact) mass is 428 g/mol. The van der Waals surface area contributed by atoms with E-state index in [-0.39, 0.29) is 23.8 Å². The number of carbonyl (C=O) groups is 1. The summed E-state index contributed by atoms with van der Waals surface area (Å²) in [5.41, 5.74) is 1.67. The van der Waals surface area contributed by atoms with Crippen molar-refractivity contribution in [3.63, 3.8) is 0 Å². The molecule has 2 fully saturated rings. The van der Waals surface area contributed by atoms with Gasteiger partial charge in [-0.25, -0.2) is 14.8 Å². The molecule has 0 radical (unpaired) electrons. The Morgan fingerprint density at radius 2 is 2.00 bits per heavy atom. The van der Waals surface area contributed by atoms with Crippen molar-refractivity contribution in [3.05, 3.63) is 16.0 Å². The standard InChI is InChI=1S/C18H22Cl2N4O4/c1-2-27-18(25)17-21-13-14(23-6-9-26-10-7-23)12(19)15(20)22-16(13)24(17)11-5-3-4-8-28-11/h11H,2-10H2,1H3. The van der Waals surface area contributed by atoms with E-state index in [1.807, 2.05) is 0 Å². The highest BCUT2D eigenvalue weighted by atomic mass is 35.5. The minimum Gasteiger partial charge on any atom is -0.460 e. The maximum Gasteiger partial charge on any atom is 0.374 e. The number of anilines is 1. The lowest BCUT2D eigenvalue weighted by atomic mass is 10.2. The fourth-order valence-electron chi connectivity index (χ4n) is 3.65. The van der Waals surface area contributed by atoms with Gasteiger partial charge in [0.1, 0.15) is 16.8 Å². The molecule has 2 aromatic heterocycles. The van der Waals surface area contributed by atoms with Gasteiger partial charge >= 0.3 is 5.97 Å². The number of esters is 1. The van der Waals surface area contributed by atoms with Crippen LogP contribution in [-0.2, 0) is 14.2 Å². The van der Waals surface area contributed by atoms with Crippen LogP contribution in [0.2, 0.25) is 10.2 Å². The van der Waals surface area contributed by atoms with E-state index in [4.69, 9.17) is 37.4 Å². The highest BCUT2D eigenvalue weighted by Crippen LogP contribution is 2.40. The number of hydrogen-bond donors (Lipinski definition) is 0. The summed E-state index contributed by atoms with van der Waals surface area (Å²) in [6.07, 6.45) is 2.38. The highest BCUT2D eigenvalue weighted by molar-refractivity contribution is 6.44. The summed E-state index contributed by atoms with van der Waals surface area (Å²) in [5, 5.41) is 0.490. The Balaban J connectivity index is 1.92. The molecule has 4 rings (SSSR count). The number of ether oxygens (including phenoxy) is 3. The van der Waals surface area contributed by atoms with Gasteiger partial charge in [-0.2, -0.15) is 0 Å². The van der Waals surface area contributed by atoms with Crippen molar-refractivity contribution >= 4 is 46.0 Å². The third kappa shape index (κ3) is 3.54. The van der Waals surface area contributed by atoms with E-state index in [1.165, 1.54) is 0 Å². The summed E-state index contributed by atoms with van der Waals surface area (Å²) >= 11 is 12.9. The first kappa shape index (κ1) is 19.7. The Bertz CT molecular complexity index is 876. The van der Waals surface area contributed by atoms with Crippen LogP contribution in [0.15, 0.2) is 0 Å². The van der Waals surface area contributed by atoms with Crippen molar-refractivity contribution in [1.82, 2.24) is 14.5 Å². The summed E-state index contributed by atoms with van der Waals surface area (Å²) in [6.45, 7) is 5.08. The molecule has 152 valence electrons. The van der Waals surface area contributed by atoms with E-state index in [0.717, 1.165) is 19.3 Å². The topological polar surface area (TPSA) is 78.7 Å². The first-order chi connectivity index (χ1) is 13.6. The number of carbonyl (C=O) groups excluding carboxylic acids is 1. The van der Waals surface area contributed by atoms with Gasteiger partial charge in [0.15, 0.2) is 10.8 Å². The van der Waals surface area contributed by atoms with Crippen LogP contribution in [0, 0.1) is 0 Å². The Hall–Kier alpha value is -1.61. The number of pyridine rings is 1. The molecule has 4 heterocycles. The van der Waals surface area contributed by atoms with Crippen molar-refractivity contribution in [2.24, 2.45) is 0 Å². The van der Waals surface area contributed by atoms with Gasteiger partial charge in [0.05, 0.1) is 25.5 Å². The van der Waals surface area contributed by atoms with Crippen LogP contribution in [0.1, 0.15) is 43.0 Å². The lowest BCUT2D eigenvalue weighted by molar-refractivity contribution is -0.0321. The van der Waals surface area contributed by atoms with Crippen LogP contribution in [0.5, 0.6) is 0 Å². The van der Waals surface area contributed by atoms with Crippen molar-refractivity contribution in [2.45, 2.75) is 32.4 Å². The molecule has 28 heavy (non-hydrogen) atoms. The molecule has 1 atom stereocenters. The maximum absolute atomic E-state index is 12.6. The minimum atomic E-state index is -0.519. The second-order valence-corrected chi connectivity index (χ2v) is 7.42. The number of imidazole rings is 1. The molecule has 1 unspecified atom stereocenters. The van der Waals surface area contributed by atoms with Crippen LogP contribution in [0.4, 0.5) is 5.69 Å². The number of nitrogens with zero attached hydrogens (tertiary/aromatic N) is 4. The van der Waals surface area contributed by atoms with Gasteiger partial charge in [0.2, 0.25) is 5.82 Å². The van der Waals surface area contributed by atoms with E-state index in [2.05, 4.69) is 14.9 Å². The quantitative estimate of drug-likeness (QED) is 0.544. The van der Waals surface area contributed by atoms with Crippen LogP contribution >= 0.6 is 23.2 Å². The fraction of sp³-hybridized carbons (Fsp3) is 0.611. The first-order valence-electron chi connectivity index (χ1n) is 9.50. The molecule has 2 aliphatic heterocycles. The normalized spacial score (nSPS) is 20.5. The van der Waals surface area contributed by atoms with E-state index < -0.39 is 5.97 Å². The zero-order valence-corrected chi connectivity index (χ0v) is 17.1. The predicted octanol–water partition coefficient (Wildman–Crippen LogP) is 3.45. The van der Waals surface area contributed by atoms with E-state index in [1.54, 1.807) is 11.5 Å². The summed E-state index contributed by atoms with van der Waals surface area (Å²) in [7, 11) is 0. The molecule has 0 spiro atoms. The number of hydrogen-bond acceptors (Lipinski definition) is 7. The molecule has 2 aromatic rings. The molecule has 0 amide bonds. The van der Waals surface area contributed by atoms with Gasteiger partial charge in [-0.1, -0.05) is 23.2 Å². The second-order valence-electron chi connectivity index (χ2n) is 6.68. The molecule has 0 N–H and O–H groups in total. The molecule has 0 bridgehead atoms. The largest absolute Gasteiger partial charge is 0.460 e. The number of morpholine rings is 1. The number of rotatable bonds is 4. The van der Waals surface area contributed by atoms with Gasteiger partial charge in [-0.3, -0.25) is 4.57 Å². The molecule has 8 nitrogen and oxygen atoms in total. The van der Waals surface area contributed by atoms with Crippen LogP contribution in [-0.4, -0.2) is 60.0 Å². The van der Waals surface area contributed by atoms with Gasteiger partial charge < -0.3 is 19.1 Å². The Labute approximate surface area is 172 Å². The van der Waals surface area contributed by atoms with Crippen molar-refractivity contribution in [1.29, 1.82) is 0 Å². The third-order valence-corrected chi connectivity index (χ3v) is 5.66. The van der Waals surface area contributed by atoms with Gasteiger partial charge in [0, 0.05) is 19.7 Å². The predicted molar refractivity (Wildman–Crippen MR) is 105 cm³/mol. The van der Waals surface area contributed by atoms with Gasteiger partial charge in [-0.05, 0) is 26.2 Å². The molecule has 2 saturated heterocycles. The average molecular weight is 429 g/mol. The number of halogens is 2. The minimum absolute atomic E-state index is 0.157. The lowest BCUT2D eigenvalue weighted by Gasteiger charge is -2.30. The fourth-order valence-corrected chi connectivity index (χ4v) is 4.07. The zero-order chi connectivity index (χ0) is 19.7. The van der Waals surface area contributed by atoms with Crippen LogP contribution < -0.4 is 4.90 Å². The molecule has 0 saturated carbocycles. The number of fused-ring (bicyclic) bond motifs is 1. The SMILES string of the molecule is CCOC(=O)c1nc2c(N3CCOCC3)c(Cl)c(Cl)nc2n1C1CCCCO1. The average Bonchev–Trinajstić information content (AvgIpc) is 3.09. The van der Waals surface area contributed by atoms with E-state index >= 15 is 0 Å². The van der Waals surface area contributed by atoms with Crippen molar-refractivity contribution in [3.8, 4) is 0 Å². The summed E-state index contributed by atoms with van der Waals surface area (Å²) in [6, 6.07) is 0. The van der Waals surface area contributed by atoms with E-state index in [9.17, 15) is 4.79 Å². The first-order valence-corrected chi connectivity index (χ1v) is 10.3. The van der Waals surface area contributed by atoms with Crippen LogP contribution in [0.3, 0.4) is 0 Å². The Kier molecular flexibility index (Phi) is 5.91. The zero-order valence-electron chi connectivity index (χ0n) is 15.6. The van der Waals surface area contributed by atoms with Crippen LogP contribution in [0.25, 0.3) is 11.2 Å². The molecule has 0 aliphatic carbocycles. The molecule has 2 aliphatic rings. The van der Waals surface area contributed by atoms with Gasteiger partial charge in [-0.15, -0.1) is 0 Å². The molecular weight excluding hydrogens is 407 g/mol. The van der Waals surface area contributed by atoms with Gasteiger partial charge in [0.25, 0.3) is 0 Å². The molecular formula is C18H22Cl2N4O4. The molecule has 10 heteroatoms. The van der Waals surface area contributed by atoms with Crippen molar-refractivity contribution < 1.29 is 19.0 Å². The van der Waals surface area contributed by atoms with E-state index in [0.29, 0.717) is 54.8 Å². The number of aromatic nitrogens is 3. The summed E-state index contributed by atoms with van der Waals surface area (Å²) in [4.78, 5) is 23.8. The summed E-state index contributed by atoms with van der Waals surface area (Å²) in [5.74, 6) is -0.362. The second kappa shape index (κ2) is 8.41. The lowest BCUT2D eigenvalue weighted by Crippen LogP contribution is -2.36. The molecule has 0 aromatic carbocycles. The Morgan fingerprint density at radius 3 is 2.68 bits per heavy atom. The third-order valence-electron chi connectivity index (χ3n) is 4.93. The smallest absolute Gasteiger partial charge is 0.374 e. The Morgan fingerprint density at radius 1 is 1.21 bits per heavy atom. The maximum atomic E-state index is 12.6. The van der Waals surface area contributed by atoms with Crippen molar-refractivity contribution in [2.75, 3.05) is 44.4 Å².